The van der Waals surface area contributed by atoms with Crippen LogP contribution in [0.2, 0.25) is 0 Å². The van der Waals surface area contributed by atoms with Crippen LogP contribution in [-0.4, -0.2) is 27.9 Å². The summed E-state index contributed by atoms with van der Waals surface area (Å²) in [4.78, 5) is 10.5. The molecule has 0 spiro atoms. The second-order valence-electron chi connectivity index (χ2n) is 3.52. The number of carbonyl (C=O) groups is 1. The van der Waals surface area contributed by atoms with Crippen LogP contribution in [0, 0.1) is 0 Å². The number of hydrogen-bond acceptors (Lipinski definition) is 3. The highest BCUT2D eigenvalue weighted by Crippen LogP contribution is 2.29. The molecular weight excluding hydrogens is 285 g/mol. The molecule has 0 heterocycles. The van der Waals surface area contributed by atoms with Crippen molar-refractivity contribution >= 4 is 15.9 Å². The molecule has 9 heteroatoms. The quantitative estimate of drug-likeness (QED) is 0.860. The molecule has 19 heavy (non-hydrogen) atoms. The number of carbonyl (C=O) groups excluding carboxylic acids is 1. The lowest BCUT2D eigenvalue weighted by Crippen LogP contribution is -2.35. The van der Waals surface area contributed by atoms with Gasteiger partial charge < -0.3 is 5.32 Å². The number of alkyl halides is 3. The second-order valence-corrected chi connectivity index (χ2v) is 5.29. The van der Waals surface area contributed by atoms with Gasteiger partial charge in [0.05, 0.1) is 17.0 Å². The lowest BCUT2D eigenvalue weighted by Gasteiger charge is -2.09. The van der Waals surface area contributed by atoms with Gasteiger partial charge in [-0.25, -0.2) is 13.1 Å². The van der Waals surface area contributed by atoms with Crippen molar-refractivity contribution in [3.05, 3.63) is 29.8 Å². The molecule has 0 unspecified atom stereocenters. The summed E-state index contributed by atoms with van der Waals surface area (Å²) in [5.74, 6) is -0.560. The number of likely N-dealkylation sites (N-methyl/N-ethyl adjacent to an activating group) is 1. The van der Waals surface area contributed by atoms with Crippen LogP contribution in [0.25, 0.3) is 0 Å². The Bertz CT molecular complexity index is 552. The first-order chi connectivity index (χ1) is 8.66. The Morgan fingerprint density at radius 3 is 2.16 bits per heavy atom. The van der Waals surface area contributed by atoms with E-state index in [1.807, 2.05) is 4.72 Å². The maximum atomic E-state index is 12.3. The molecule has 0 atom stereocenters. The van der Waals surface area contributed by atoms with Gasteiger partial charge in [-0.1, -0.05) is 0 Å². The Labute approximate surface area is 107 Å². The van der Waals surface area contributed by atoms with Crippen molar-refractivity contribution in [1.82, 2.24) is 10.0 Å². The van der Waals surface area contributed by atoms with Crippen molar-refractivity contribution in [1.29, 1.82) is 0 Å². The van der Waals surface area contributed by atoms with E-state index in [9.17, 15) is 26.4 Å². The van der Waals surface area contributed by atoms with Gasteiger partial charge >= 0.3 is 6.18 Å². The number of rotatable bonds is 4. The van der Waals surface area contributed by atoms with Gasteiger partial charge in [0.25, 0.3) is 0 Å². The van der Waals surface area contributed by atoms with Gasteiger partial charge in [0.1, 0.15) is 0 Å². The molecule has 1 amide bonds. The molecule has 0 saturated carbocycles. The Kier molecular flexibility index (Phi) is 4.53. The van der Waals surface area contributed by atoms with Crippen LogP contribution in [-0.2, 0) is 21.0 Å². The standard InChI is InChI=1S/C10H11F3N2O3S/c1-14-9(16)6-15-19(17,18)8-4-2-7(3-5-8)10(11,12)13/h2-5,15H,6H2,1H3,(H,14,16). The largest absolute Gasteiger partial charge is 0.416 e. The van der Waals surface area contributed by atoms with Crippen molar-refractivity contribution in [3.8, 4) is 0 Å². The van der Waals surface area contributed by atoms with E-state index in [2.05, 4.69) is 5.32 Å². The predicted octanol–water partition coefficient (Wildman–Crippen LogP) is 0.730. The Hall–Kier alpha value is -1.61. The molecule has 0 radical (unpaired) electrons. The van der Waals surface area contributed by atoms with Crippen LogP contribution < -0.4 is 10.0 Å². The Morgan fingerprint density at radius 2 is 1.74 bits per heavy atom. The fourth-order valence-electron chi connectivity index (χ4n) is 1.16. The van der Waals surface area contributed by atoms with Crippen molar-refractivity contribution < 1.29 is 26.4 Å². The van der Waals surface area contributed by atoms with E-state index in [1.165, 1.54) is 7.05 Å². The maximum absolute atomic E-state index is 12.3. The number of hydrogen-bond donors (Lipinski definition) is 2. The predicted molar refractivity (Wildman–Crippen MR) is 60.7 cm³/mol. The molecule has 106 valence electrons. The van der Waals surface area contributed by atoms with Crippen molar-refractivity contribution in [3.63, 3.8) is 0 Å². The molecule has 0 bridgehead atoms. The highest BCUT2D eigenvalue weighted by Gasteiger charge is 2.30. The van der Waals surface area contributed by atoms with Crippen LogP contribution in [0.3, 0.4) is 0 Å². The molecule has 0 aromatic heterocycles. The number of halogens is 3. The van der Waals surface area contributed by atoms with Crippen LogP contribution in [0.5, 0.6) is 0 Å². The molecule has 1 aromatic carbocycles. The third-order valence-corrected chi connectivity index (χ3v) is 3.61. The molecule has 0 aliphatic heterocycles. The van der Waals surface area contributed by atoms with Crippen molar-refractivity contribution in [2.45, 2.75) is 11.1 Å². The smallest absolute Gasteiger partial charge is 0.358 e. The number of amides is 1. The third-order valence-electron chi connectivity index (χ3n) is 2.19. The van der Waals surface area contributed by atoms with Gasteiger partial charge in [0.2, 0.25) is 15.9 Å². The van der Waals surface area contributed by atoms with Crippen LogP contribution in [0.4, 0.5) is 13.2 Å². The summed E-state index contributed by atoms with van der Waals surface area (Å²) in [6, 6.07) is 2.98. The SMILES string of the molecule is CNC(=O)CNS(=O)(=O)c1ccc(C(F)(F)F)cc1. The summed E-state index contributed by atoms with van der Waals surface area (Å²) >= 11 is 0. The first kappa shape index (κ1) is 15.4. The van der Waals surface area contributed by atoms with E-state index in [0.29, 0.717) is 12.1 Å². The molecule has 0 aliphatic carbocycles. The summed E-state index contributed by atoms with van der Waals surface area (Å²) < 4.78 is 62.1. The normalized spacial score (nSPS) is 12.2. The average molecular weight is 296 g/mol. The first-order valence-corrected chi connectivity index (χ1v) is 6.52. The molecule has 0 saturated heterocycles. The van der Waals surface area contributed by atoms with Crippen LogP contribution in [0.1, 0.15) is 5.56 Å². The molecule has 0 fully saturated rings. The number of sulfonamides is 1. The minimum atomic E-state index is -4.53. The van der Waals surface area contributed by atoms with Gasteiger partial charge in [-0.3, -0.25) is 4.79 Å². The highest BCUT2D eigenvalue weighted by molar-refractivity contribution is 7.89. The molecule has 1 aromatic rings. The van der Waals surface area contributed by atoms with Gasteiger partial charge in [-0.2, -0.15) is 13.2 Å². The lowest BCUT2D eigenvalue weighted by atomic mass is 10.2. The van der Waals surface area contributed by atoms with E-state index in [1.54, 1.807) is 0 Å². The minimum absolute atomic E-state index is 0.343. The van der Waals surface area contributed by atoms with Gasteiger partial charge in [-0.15, -0.1) is 0 Å². The zero-order chi connectivity index (χ0) is 14.7. The van der Waals surface area contributed by atoms with Gasteiger partial charge in [-0.05, 0) is 24.3 Å². The van der Waals surface area contributed by atoms with E-state index >= 15 is 0 Å². The summed E-state index contributed by atoms with van der Waals surface area (Å²) in [6.07, 6.45) is -4.53. The number of benzene rings is 1. The van der Waals surface area contributed by atoms with Gasteiger partial charge in [0, 0.05) is 7.05 Å². The summed E-state index contributed by atoms with van der Waals surface area (Å²) in [5.41, 5.74) is -0.947. The molecule has 1 rings (SSSR count). The zero-order valence-electron chi connectivity index (χ0n) is 9.78. The Balaban J connectivity index is 2.88. The fourth-order valence-corrected chi connectivity index (χ4v) is 2.14. The highest BCUT2D eigenvalue weighted by atomic mass is 32.2. The first-order valence-electron chi connectivity index (χ1n) is 5.04. The maximum Gasteiger partial charge on any atom is 0.416 e. The van der Waals surface area contributed by atoms with Crippen LogP contribution in [0.15, 0.2) is 29.2 Å². The lowest BCUT2D eigenvalue weighted by molar-refractivity contribution is -0.137. The van der Waals surface area contributed by atoms with Gasteiger partial charge in [0.15, 0.2) is 0 Å². The summed E-state index contributed by atoms with van der Waals surface area (Å²) in [6.45, 7) is -0.486. The summed E-state index contributed by atoms with van der Waals surface area (Å²) in [5, 5.41) is 2.20. The molecule has 5 nitrogen and oxygen atoms in total. The zero-order valence-corrected chi connectivity index (χ0v) is 10.6. The van der Waals surface area contributed by atoms with E-state index < -0.39 is 34.2 Å². The topological polar surface area (TPSA) is 75.3 Å². The van der Waals surface area contributed by atoms with Crippen LogP contribution >= 0.6 is 0 Å². The Morgan fingerprint density at radius 1 is 1.21 bits per heavy atom. The van der Waals surface area contributed by atoms with E-state index in [4.69, 9.17) is 0 Å². The fraction of sp³-hybridized carbons (Fsp3) is 0.300. The van der Waals surface area contributed by atoms with Crippen molar-refractivity contribution in [2.24, 2.45) is 0 Å². The molecule has 0 aliphatic rings. The third kappa shape index (κ3) is 4.21. The molecule has 2 N–H and O–H groups in total. The van der Waals surface area contributed by atoms with Crippen molar-refractivity contribution in [2.75, 3.05) is 13.6 Å². The summed E-state index contributed by atoms with van der Waals surface area (Å²) in [7, 11) is -2.68. The second kappa shape index (κ2) is 5.57. The monoisotopic (exact) mass is 296 g/mol. The average Bonchev–Trinajstić information content (AvgIpc) is 2.35. The number of nitrogens with one attached hydrogen (secondary N) is 2. The molecular formula is C10H11F3N2O3S. The van der Waals surface area contributed by atoms with E-state index in [0.717, 1.165) is 12.1 Å². The van der Waals surface area contributed by atoms with E-state index in [-0.39, 0.29) is 4.90 Å². The minimum Gasteiger partial charge on any atom is -0.358 e.